The molecule has 1 fully saturated rings. The molecule has 2 aliphatic heterocycles. The Kier molecular flexibility index (Phi) is 4.80. The maximum Gasteiger partial charge on any atom is 0.170 e. The van der Waals surface area contributed by atoms with Crippen LogP contribution in [0.25, 0.3) is 0 Å². The summed E-state index contributed by atoms with van der Waals surface area (Å²) >= 11 is 6.22. The normalized spacial score (nSPS) is 22.0. The van der Waals surface area contributed by atoms with E-state index in [1.807, 2.05) is 0 Å². The minimum atomic E-state index is -0.168. The molecule has 0 aliphatic carbocycles. The van der Waals surface area contributed by atoms with Gasteiger partial charge in [0.1, 0.15) is 17.6 Å². The van der Waals surface area contributed by atoms with Gasteiger partial charge in [-0.05, 0) is 6.07 Å². The van der Waals surface area contributed by atoms with Crippen LogP contribution in [0, 0.1) is 5.41 Å². The monoisotopic (exact) mass is 340 g/mol. The van der Waals surface area contributed by atoms with E-state index in [9.17, 15) is 4.79 Å². The Morgan fingerprint density at radius 1 is 1.35 bits per heavy atom. The fourth-order valence-electron chi connectivity index (χ4n) is 2.82. The summed E-state index contributed by atoms with van der Waals surface area (Å²) in [6.07, 6.45) is 0.956. The van der Waals surface area contributed by atoms with Crippen LogP contribution in [0.4, 0.5) is 0 Å². The van der Waals surface area contributed by atoms with E-state index >= 15 is 0 Å². The van der Waals surface area contributed by atoms with Crippen LogP contribution in [-0.2, 0) is 9.47 Å². The summed E-state index contributed by atoms with van der Waals surface area (Å²) in [7, 11) is 1.65. The van der Waals surface area contributed by atoms with Crippen molar-refractivity contribution in [3.8, 4) is 11.5 Å². The van der Waals surface area contributed by atoms with Crippen molar-refractivity contribution in [1.82, 2.24) is 0 Å². The first kappa shape index (κ1) is 16.6. The first-order chi connectivity index (χ1) is 11.0. The summed E-state index contributed by atoms with van der Waals surface area (Å²) in [5.41, 5.74) is 0.422. The van der Waals surface area contributed by atoms with Gasteiger partial charge >= 0.3 is 0 Å². The second-order valence-corrected chi connectivity index (χ2v) is 6.76. The highest BCUT2D eigenvalue weighted by molar-refractivity contribution is 6.32. The molecule has 0 amide bonds. The van der Waals surface area contributed by atoms with Crippen LogP contribution in [0.15, 0.2) is 12.1 Å². The van der Waals surface area contributed by atoms with Crippen molar-refractivity contribution < 1.29 is 23.7 Å². The molecule has 0 saturated carbocycles. The zero-order valence-electron chi connectivity index (χ0n) is 13.4. The lowest BCUT2D eigenvalue weighted by atomic mass is 9.78. The number of methoxy groups -OCH3 is 1. The molecule has 0 N–H and O–H groups in total. The minimum Gasteiger partial charge on any atom is -0.492 e. The molecular formula is C17H21ClO5. The van der Waals surface area contributed by atoms with Gasteiger partial charge in [0.05, 0.1) is 35.8 Å². The Labute approximate surface area is 140 Å². The smallest absolute Gasteiger partial charge is 0.170 e. The summed E-state index contributed by atoms with van der Waals surface area (Å²) in [4.78, 5) is 12.4. The van der Waals surface area contributed by atoms with E-state index < -0.39 is 0 Å². The van der Waals surface area contributed by atoms with E-state index in [-0.39, 0.29) is 17.3 Å². The highest BCUT2D eigenvalue weighted by atomic mass is 35.5. The van der Waals surface area contributed by atoms with E-state index in [1.54, 1.807) is 19.2 Å². The van der Waals surface area contributed by atoms with E-state index in [4.69, 9.17) is 30.5 Å². The maximum atomic E-state index is 12.4. The van der Waals surface area contributed by atoms with Crippen LogP contribution in [-0.4, -0.2) is 45.4 Å². The third-order valence-electron chi connectivity index (χ3n) is 4.37. The molecule has 1 atom stereocenters. The van der Waals surface area contributed by atoms with Crippen molar-refractivity contribution in [3.63, 3.8) is 0 Å². The number of ketones is 1. The number of carbonyl (C=O) groups excluding carboxylic acids is 1. The molecule has 0 aromatic heterocycles. The van der Waals surface area contributed by atoms with Gasteiger partial charge in [0.2, 0.25) is 0 Å². The molecule has 1 aromatic carbocycles. The zero-order chi connectivity index (χ0) is 16.4. The molecule has 5 nitrogen and oxygen atoms in total. The maximum absolute atomic E-state index is 12.4. The molecule has 0 radical (unpaired) electrons. The second kappa shape index (κ2) is 6.67. The number of benzene rings is 1. The Bertz CT molecular complexity index is 597. The quantitative estimate of drug-likeness (QED) is 0.745. The number of Topliss-reactive ketones (excluding diaryl/α,β-unsaturated/α-hetero) is 1. The van der Waals surface area contributed by atoms with Crippen LogP contribution in [0.3, 0.4) is 0 Å². The summed E-state index contributed by atoms with van der Waals surface area (Å²) in [5.74, 6) is 1.13. The van der Waals surface area contributed by atoms with E-state index in [0.717, 1.165) is 6.42 Å². The summed E-state index contributed by atoms with van der Waals surface area (Å²) in [6, 6.07) is 3.36. The highest BCUT2D eigenvalue weighted by Crippen LogP contribution is 2.42. The van der Waals surface area contributed by atoms with Crippen LogP contribution in [0.2, 0.25) is 5.02 Å². The van der Waals surface area contributed by atoms with Crippen LogP contribution in [0.1, 0.15) is 30.1 Å². The van der Waals surface area contributed by atoms with Crippen molar-refractivity contribution in [3.05, 3.63) is 22.7 Å². The highest BCUT2D eigenvalue weighted by Gasteiger charge is 2.46. The molecule has 3 rings (SSSR count). The average molecular weight is 341 g/mol. The molecule has 23 heavy (non-hydrogen) atoms. The molecule has 1 unspecified atom stereocenters. The standard InChI is InChI=1S/C17H21ClO5/c1-17(9-21-10-17)16-7-13(19)11-6-12(18)15(8-14(11)23-16)22-5-3-4-20-2/h6,8,16H,3-5,7,9-10H2,1-2H3. The van der Waals surface area contributed by atoms with Crippen molar-refractivity contribution in [1.29, 1.82) is 0 Å². The number of hydrogen-bond acceptors (Lipinski definition) is 5. The van der Waals surface area contributed by atoms with Crippen molar-refractivity contribution in [2.24, 2.45) is 5.41 Å². The number of halogens is 1. The molecule has 0 bridgehead atoms. The van der Waals surface area contributed by atoms with Gasteiger partial charge in [-0.15, -0.1) is 0 Å². The van der Waals surface area contributed by atoms with E-state index in [0.29, 0.717) is 54.9 Å². The predicted molar refractivity (Wildman–Crippen MR) is 85.7 cm³/mol. The lowest BCUT2D eigenvalue weighted by Gasteiger charge is -2.45. The minimum absolute atomic E-state index is 0.0530. The topological polar surface area (TPSA) is 54.0 Å². The third kappa shape index (κ3) is 3.32. The van der Waals surface area contributed by atoms with Gasteiger partial charge in [0.15, 0.2) is 5.78 Å². The van der Waals surface area contributed by atoms with Gasteiger partial charge in [-0.1, -0.05) is 18.5 Å². The Morgan fingerprint density at radius 3 is 2.78 bits per heavy atom. The number of fused-ring (bicyclic) bond motifs is 1. The number of rotatable bonds is 6. The Balaban J connectivity index is 1.77. The zero-order valence-corrected chi connectivity index (χ0v) is 14.1. The van der Waals surface area contributed by atoms with Gasteiger partial charge in [0.25, 0.3) is 0 Å². The van der Waals surface area contributed by atoms with Crippen LogP contribution < -0.4 is 9.47 Å². The SMILES string of the molecule is COCCCOc1cc2c(cc1Cl)C(=O)CC(C1(C)COC1)O2. The summed E-state index contributed by atoms with van der Waals surface area (Å²) in [5, 5.41) is 0.426. The lowest BCUT2D eigenvalue weighted by Crippen LogP contribution is -2.53. The van der Waals surface area contributed by atoms with Gasteiger partial charge in [-0.2, -0.15) is 0 Å². The molecular weight excluding hydrogens is 320 g/mol. The average Bonchev–Trinajstić information content (AvgIpc) is 2.50. The van der Waals surface area contributed by atoms with Gasteiger partial charge < -0.3 is 18.9 Å². The van der Waals surface area contributed by atoms with E-state index in [1.165, 1.54) is 0 Å². The first-order valence-electron chi connectivity index (χ1n) is 7.76. The molecule has 2 heterocycles. The fourth-order valence-corrected chi connectivity index (χ4v) is 3.04. The third-order valence-corrected chi connectivity index (χ3v) is 4.66. The summed E-state index contributed by atoms with van der Waals surface area (Å²) in [6.45, 7) is 4.44. The fraction of sp³-hybridized carbons (Fsp3) is 0.588. The second-order valence-electron chi connectivity index (χ2n) is 6.35. The lowest BCUT2D eigenvalue weighted by molar-refractivity contribution is -0.153. The predicted octanol–water partition coefficient (Wildman–Crippen LogP) is 3.13. The van der Waals surface area contributed by atoms with Crippen LogP contribution in [0.5, 0.6) is 11.5 Å². The molecule has 126 valence electrons. The molecule has 6 heteroatoms. The Morgan fingerprint density at radius 2 is 2.13 bits per heavy atom. The summed E-state index contributed by atoms with van der Waals surface area (Å²) < 4.78 is 22.0. The van der Waals surface area contributed by atoms with Crippen molar-refractivity contribution >= 4 is 17.4 Å². The van der Waals surface area contributed by atoms with Crippen LogP contribution >= 0.6 is 11.6 Å². The van der Waals surface area contributed by atoms with Crippen molar-refractivity contribution in [2.45, 2.75) is 25.9 Å². The first-order valence-corrected chi connectivity index (χ1v) is 8.14. The number of ether oxygens (including phenoxy) is 4. The van der Waals surface area contributed by atoms with Gasteiger partial charge in [-0.3, -0.25) is 4.79 Å². The number of carbonyl (C=O) groups is 1. The number of hydrogen-bond donors (Lipinski definition) is 0. The van der Waals surface area contributed by atoms with Gasteiger partial charge in [-0.25, -0.2) is 0 Å². The van der Waals surface area contributed by atoms with E-state index in [2.05, 4.69) is 6.92 Å². The van der Waals surface area contributed by atoms with Crippen molar-refractivity contribution in [2.75, 3.05) is 33.5 Å². The molecule has 1 saturated heterocycles. The Hall–Kier alpha value is -1.30. The van der Waals surface area contributed by atoms with Gasteiger partial charge in [0, 0.05) is 32.6 Å². The molecule has 0 spiro atoms. The molecule has 1 aromatic rings. The largest absolute Gasteiger partial charge is 0.492 e. The molecule has 2 aliphatic rings.